The summed E-state index contributed by atoms with van der Waals surface area (Å²) in [4.78, 5) is 21.6. The van der Waals surface area contributed by atoms with Gasteiger partial charge >= 0.3 is 11.9 Å². The Kier molecular flexibility index (Phi) is 9.13. The molecule has 0 aliphatic carbocycles. The summed E-state index contributed by atoms with van der Waals surface area (Å²) in [6.07, 6.45) is -8.83. The smallest absolute Gasteiger partial charge is 0.335 e. The molecule has 0 amide bonds. The van der Waals surface area contributed by atoms with Crippen molar-refractivity contribution in [2.24, 2.45) is 10.2 Å². The normalized spacial score (nSPS) is 19.7. The van der Waals surface area contributed by atoms with Gasteiger partial charge < -0.3 is 50.3 Å². The Morgan fingerprint density at radius 1 is 0.821 bits per heavy atom. The van der Waals surface area contributed by atoms with Crippen molar-refractivity contribution in [2.75, 3.05) is 13.2 Å². The predicted molar refractivity (Wildman–Crippen MR) is 77.2 cm³/mol. The number of aliphatic hydroxyl groups is 6. The number of ether oxygens (including phenoxy) is 2. The molecule has 16 nitrogen and oxygen atoms in total. The monoisotopic (exact) mass is 408 g/mol. The maximum Gasteiger partial charge on any atom is 0.335 e. The predicted octanol–water partition coefficient (Wildman–Crippen LogP) is -4.58. The third-order valence-electron chi connectivity index (χ3n) is 3.31. The van der Waals surface area contributed by atoms with Gasteiger partial charge in [0.25, 0.3) is 24.0 Å². The maximum atomic E-state index is 10.8. The first kappa shape index (κ1) is 24.9. The summed E-state index contributed by atoms with van der Waals surface area (Å²) in [6.45, 7) is -3.03. The highest BCUT2D eigenvalue weighted by Gasteiger charge is 2.51. The molecule has 0 bridgehead atoms. The van der Waals surface area contributed by atoms with Crippen LogP contribution in [0.2, 0.25) is 0 Å². The average Bonchev–Trinajstić information content (AvgIpc) is 2.67. The highest BCUT2D eigenvalue weighted by Crippen LogP contribution is 2.27. The van der Waals surface area contributed by atoms with Crippen molar-refractivity contribution < 1.29 is 59.9 Å². The summed E-state index contributed by atoms with van der Waals surface area (Å²) in [5.74, 6) is -4.07. The van der Waals surface area contributed by atoms with Gasteiger partial charge in [-0.2, -0.15) is 10.5 Å². The number of aliphatic carboxylic acids is 2. The molecule has 0 aliphatic heterocycles. The average molecular weight is 408 g/mol. The maximum absolute atomic E-state index is 10.8. The molecule has 0 saturated carbocycles. The standard InChI is InChI=1S/C12H16N4O12/c13-3-27-11(1-17,7(21)5(19)9(23)24)15-16-12(2-18,28-4-14)8(22)6(20)10(25)26/h5-8,17-22H,1-2H2,(H,23,24)(H,25,26)/b16-15+. The summed E-state index contributed by atoms with van der Waals surface area (Å²) in [6, 6.07) is 0. The molecule has 16 heteroatoms. The Morgan fingerprint density at radius 3 is 1.29 bits per heavy atom. The molecule has 0 fully saturated rings. The van der Waals surface area contributed by atoms with E-state index in [4.69, 9.17) is 20.7 Å². The Morgan fingerprint density at radius 2 is 1.11 bits per heavy atom. The first-order chi connectivity index (χ1) is 13.0. The Bertz CT molecular complexity index is 618. The van der Waals surface area contributed by atoms with Crippen molar-refractivity contribution in [3.63, 3.8) is 0 Å². The van der Waals surface area contributed by atoms with Crippen LogP contribution in [0.5, 0.6) is 0 Å². The number of rotatable bonds is 12. The summed E-state index contributed by atoms with van der Waals surface area (Å²) in [7, 11) is 0. The lowest BCUT2D eigenvalue weighted by Gasteiger charge is -2.33. The van der Waals surface area contributed by atoms with Gasteiger partial charge in [-0.15, -0.1) is 10.2 Å². The molecule has 156 valence electrons. The van der Waals surface area contributed by atoms with Gasteiger partial charge in [-0.05, 0) is 0 Å². The van der Waals surface area contributed by atoms with Crippen LogP contribution in [-0.2, 0) is 19.1 Å². The third-order valence-corrected chi connectivity index (χ3v) is 3.31. The van der Waals surface area contributed by atoms with Crippen LogP contribution in [0.3, 0.4) is 0 Å². The van der Waals surface area contributed by atoms with Gasteiger partial charge in [0.15, 0.2) is 24.4 Å². The molecule has 0 rings (SSSR count). The minimum Gasteiger partial charge on any atom is -0.479 e. The Balaban J connectivity index is 6.32. The molecule has 6 atom stereocenters. The van der Waals surface area contributed by atoms with Crippen LogP contribution in [0, 0.1) is 23.0 Å². The van der Waals surface area contributed by atoms with Crippen molar-refractivity contribution in [2.45, 2.75) is 35.9 Å². The molecular weight excluding hydrogens is 392 g/mol. The van der Waals surface area contributed by atoms with Gasteiger partial charge in [0, 0.05) is 0 Å². The zero-order chi connectivity index (χ0) is 22.1. The van der Waals surface area contributed by atoms with E-state index in [0.29, 0.717) is 0 Å². The largest absolute Gasteiger partial charge is 0.479 e. The van der Waals surface area contributed by atoms with Gasteiger partial charge in [0.05, 0.1) is 0 Å². The van der Waals surface area contributed by atoms with E-state index in [-0.39, 0.29) is 0 Å². The molecule has 0 heterocycles. The van der Waals surface area contributed by atoms with Crippen LogP contribution in [-0.4, -0.2) is 102 Å². The van der Waals surface area contributed by atoms with Gasteiger partial charge in [0.2, 0.25) is 0 Å². The zero-order valence-electron chi connectivity index (χ0n) is 13.7. The van der Waals surface area contributed by atoms with Crippen LogP contribution in [0.1, 0.15) is 0 Å². The number of carboxylic acid groups (broad SMARTS) is 2. The van der Waals surface area contributed by atoms with Crippen LogP contribution < -0.4 is 0 Å². The zero-order valence-corrected chi connectivity index (χ0v) is 13.7. The summed E-state index contributed by atoms with van der Waals surface area (Å²) >= 11 is 0. The van der Waals surface area contributed by atoms with Gasteiger partial charge in [-0.25, -0.2) is 9.59 Å². The number of aliphatic hydroxyl groups excluding tert-OH is 6. The fraction of sp³-hybridized carbons (Fsp3) is 0.667. The van der Waals surface area contributed by atoms with Gasteiger partial charge in [0.1, 0.15) is 13.2 Å². The number of hydrogen-bond acceptors (Lipinski definition) is 14. The lowest BCUT2D eigenvalue weighted by Crippen LogP contribution is -2.56. The first-order valence-corrected chi connectivity index (χ1v) is 6.96. The molecule has 0 aromatic heterocycles. The fourth-order valence-electron chi connectivity index (χ4n) is 1.69. The van der Waals surface area contributed by atoms with Crippen LogP contribution >= 0.6 is 0 Å². The van der Waals surface area contributed by atoms with Crippen LogP contribution in [0.25, 0.3) is 0 Å². The minimum absolute atomic E-state index is 0.939. The molecule has 8 N–H and O–H groups in total. The fourth-order valence-corrected chi connectivity index (χ4v) is 1.69. The van der Waals surface area contributed by atoms with Crippen LogP contribution in [0.15, 0.2) is 10.2 Å². The highest BCUT2D eigenvalue weighted by atomic mass is 16.6. The Hall–Kier alpha value is -3.12. The van der Waals surface area contributed by atoms with Crippen LogP contribution in [0.4, 0.5) is 0 Å². The number of azo groups is 1. The minimum atomic E-state index is -3.04. The molecule has 28 heavy (non-hydrogen) atoms. The van der Waals surface area contributed by atoms with E-state index in [1.807, 2.05) is 0 Å². The summed E-state index contributed by atoms with van der Waals surface area (Å²) in [5.41, 5.74) is -6.08. The molecular formula is C12H16N4O12. The van der Waals surface area contributed by atoms with E-state index < -0.39 is 61.0 Å². The summed E-state index contributed by atoms with van der Waals surface area (Å²) in [5, 5.41) is 98.1. The highest BCUT2D eigenvalue weighted by molar-refractivity contribution is 5.73. The second-order valence-electron chi connectivity index (χ2n) is 5.05. The molecule has 0 radical (unpaired) electrons. The lowest BCUT2D eigenvalue weighted by atomic mass is 10.0. The van der Waals surface area contributed by atoms with Crippen molar-refractivity contribution in [3.05, 3.63) is 0 Å². The third kappa shape index (κ3) is 5.20. The second-order valence-corrected chi connectivity index (χ2v) is 5.05. The quantitative estimate of drug-likeness (QED) is 0.111. The molecule has 0 spiro atoms. The molecule has 0 aromatic carbocycles. The van der Waals surface area contributed by atoms with E-state index in [1.54, 1.807) is 0 Å². The number of carbonyl (C=O) groups is 2. The summed E-state index contributed by atoms with van der Waals surface area (Å²) < 4.78 is 8.52. The van der Waals surface area contributed by atoms with Gasteiger partial charge in [-0.3, -0.25) is 0 Å². The lowest BCUT2D eigenvalue weighted by molar-refractivity contribution is -0.184. The number of nitrogens with zero attached hydrogens (tertiary/aromatic N) is 4. The topological polar surface area (TPSA) is 287 Å². The molecule has 0 aliphatic rings. The van der Waals surface area contributed by atoms with E-state index in [1.165, 1.54) is 0 Å². The van der Waals surface area contributed by atoms with Crippen molar-refractivity contribution in [3.8, 4) is 12.5 Å². The second kappa shape index (κ2) is 10.3. The number of hydrogen-bond donors (Lipinski definition) is 8. The van der Waals surface area contributed by atoms with Crippen molar-refractivity contribution >= 4 is 11.9 Å². The SMILES string of the molecule is N#COC(CO)(/N=N/C(CO)(OC#N)C(O)C(O)C(=O)O)C(O)C(O)C(=O)O. The van der Waals surface area contributed by atoms with E-state index >= 15 is 0 Å². The molecule has 0 aromatic rings. The van der Waals surface area contributed by atoms with Gasteiger partial charge in [-0.1, -0.05) is 0 Å². The molecule has 6 unspecified atom stereocenters. The van der Waals surface area contributed by atoms with E-state index in [9.17, 15) is 40.2 Å². The van der Waals surface area contributed by atoms with Crippen molar-refractivity contribution in [1.82, 2.24) is 0 Å². The van der Waals surface area contributed by atoms with Crippen molar-refractivity contribution in [1.29, 1.82) is 10.5 Å². The molecule has 0 saturated heterocycles. The first-order valence-electron chi connectivity index (χ1n) is 6.96. The van der Waals surface area contributed by atoms with E-state index in [0.717, 1.165) is 12.5 Å². The number of nitriles is 2. The van der Waals surface area contributed by atoms with E-state index in [2.05, 4.69) is 19.7 Å². The number of carboxylic acids is 2. The Labute approximate surface area is 155 Å².